The van der Waals surface area contributed by atoms with Crippen LogP contribution in [0.15, 0.2) is 104 Å². The van der Waals surface area contributed by atoms with E-state index in [4.69, 9.17) is 20.4 Å². The number of rotatable bonds is 16. The Morgan fingerprint density at radius 1 is 0.588 bits per heavy atom. The van der Waals surface area contributed by atoms with Crippen LogP contribution in [0.2, 0.25) is 0 Å². The van der Waals surface area contributed by atoms with Gasteiger partial charge >= 0.3 is 12.0 Å². The minimum Gasteiger partial charge on any atom is -0.478 e. The van der Waals surface area contributed by atoms with Crippen molar-refractivity contribution in [3.05, 3.63) is 122 Å². The fraction of sp³-hybridized carbons (Fsp3) is 0.171. The van der Waals surface area contributed by atoms with E-state index in [2.05, 4.69) is 31.7 Å². The predicted molar refractivity (Wildman–Crippen MR) is 247 cm³/mol. The molecule has 2 amide bonds. The summed E-state index contributed by atoms with van der Waals surface area (Å²) in [6.45, 7) is 3.20. The van der Waals surface area contributed by atoms with E-state index in [-0.39, 0.29) is 76.0 Å². The first kappa shape index (κ1) is 51.9. The molecule has 0 spiro atoms. The number of carboxylic acids is 1. The number of fused-ring (bicyclic) bond motifs is 2. The van der Waals surface area contributed by atoms with Gasteiger partial charge < -0.3 is 31.1 Å². The number of aliphatic hydroxyl groups excluding tert-OH is 3. The third-order valence-electron chi connectivity index (χ3n) is 9.60. The molecule has 0 heterocycles. The van der Waals surface area contributed by atoms with Crippen LogP contribution >= 0.6 is 0 Å². The summed E-state index contributed by atoms with van der Waals surface area (Å²) >= 11 is 0. The number of nitrogens with one attached hydrogen (secondary N) is 4. The number of aryl methyl sites for hydroxylation is 1. The van der Waals surface area contributed by atoms with E-state index in [0.29, 0.717) is 19.6 Å². The van der Waals surface area contributed by atoms with Crippen LogP contribution in [0, 0.1) is 6.92 Å². The number of carbonyl (C=O) groups excluding carboxylic acids is 3. The Bertz CT molecular complexity index is 3120. The first-order valence-corrected chi connectivity index (χ1v) is 23.8. The largest absolute Gasteiger partial charge is 0.478 e. The number of hydrogen-bond acceptors (Lipinski definition) is 18. The Morgan fingerprint density at radius 3 is 1.43 bits per heavy atom. The number of hydrazone groups is 2. The van der Waals surface area contributed by atoms with Gasteiger partial charge in [-0.25, -0.2) is 9.59 Å². The molecule has 0 fully saturated rings. The summed E-state index contributed by atoms with van der Waals surface area (Å²) in [4.78, 5) is 50.5. The quantitative estimate of drug-likeness (QED) is 0.0567. The minimum atomic E-state index is -5.07. The molecule has 0 saturated heterocycles. The second-order valence-electron chi connectivity index (χ2n) is 14.3. The summed E-state index contributed by atoms with van der Waals surface area (Å²) in [6.07, 6.45) is 1.89. The number of aliphatic hydroxyl groups is 3. The average Bonchev–Trinajstić information content (AvgIpc) is 3.25. The number of urea groups is 1. The van der Waals surface area contributed by atoms with Gasteiger partial charge in [-0.05, 0) is 115 Å². The lowest BCUT2D eigenvalue weighted by molar-refractivity contribution is 0.0696. The van der Waals surface area contributed by atoms with Crippen molar-refractivity contribution in [3.8, 4) is 0 Å². The summed E-state index contributed by atoms with van der Waals surface area (Å²) in [7, 11) is -14.6. The van der Waals surface area contributed by atoms with E-state index in [0.717, 1.165) is 24.3 Å². The number of carboxylic acid groups (broad SMARTS) is 1. The summed E-state index contributed by atoms with van der Waals surface area (Å²) < 4.78 is 101. The van der Waals surface area contributed by atoms with Gasteiger partial charge in [-0.15, -0.1) is 0 Å². The molecule has 6 rings (SSSR count). The van der Waals surface area contributed by atoms with E-state index in [9.17, 15) is 58.1 Å². The molecule has 4 aromatic carbocycles. The van der Waals surface area contributed by atoms with Crippen molar-refractivity contribution in [2.45, 2.75) is 11.8 Å². The van der Waals surface area contributed by atoms with E-state index in [1.54, 1.807) is 4.90 Å². The van der Waals surface area contributed by atoms with Gasteiger partial charge in [0, 0.05) is 42.1 Å². The van der Waals surface area contributed by atoms with Crippen molar-refractivity contribution in [3.63, 3.8) is 0 Å². The van der Waals surface area contributed by atoms with Crippen molar-refractivity contribution in [1.82, 2.24) is 4.90 Å². The van der Waals surface area contributed by atoms with Crippen LogP contribution in [0.4, 0.5) is 27.5 Å². The van der Waals surface area contributed by atoms with Gasteiger partial charge in [-0.2, -0.15) is 35.5 Å². The van der Waals surface area contributed by atoms with Crippen LogP contribution in [0.3, 0.4) is 0 Å². The molecule has 27 heteroatoms. The van der Waals surface area contributed by atoms with Crippen LogP contribution in [0.5, 0.6) is 0 Å². The van der Waals surface area contributed by atoms with Gasteiger partial charge in [0.2, 0.25) is 11.6 Å². The Labute approximate surface area is 387 Å². The molecule has 24 nitrogen and oxygen atoms in total. The van der Waals surface area contributed by atoms with Crippen molar-refractivity contribution in [1.29, 1.82) is 0 Å². The maximum absolute atomic E-state index is 13.4. The molecular formula is C41H41N7O17S3. The molecular weight excluding hydrogens is 959 g/mol. The third kappa shape index (κ3) is 13.1. The molecule has 2 aliphatic carbocycles. The van der Waals surface area contributed by atoms with Gasteiger partial charge in [-0.1, -0.05) is 0 Å². The van der Waals surface area contributed by atoms with Crippen LogP contribution in [0.25, 0.3) is 12.2 Å². The molecule has 2 aliphatic rings. The molecule has 360 valence electrons. The summed E-state index contributed by atoms with van der Waals surface area (Å²) in [6, 6.07) is 15.2. The van der Waals surface area contributed by atoms with E-state index >= 15 is 0 Å². The number of anilines is 4. The molecule has 0 radical (unpaired) electrons. The van der Waals surface area contributed by atoms with E-state index in [1.807, 2.05) is 0 Å². The predicted octanol–water partition coefficient (Wildman–Crippen LogP) is 2.64. The molecule has 0 unspecified atom stereocenters. The zero-order chi connectivity index (χ0) is 50.1. The lowest BCUT2D eigenvalue weighted by atomic mass is 9.94. The van der Waals surface area contributed by atoms with Crippen LogP contribution < -0.4 is 21.5 Å². The smallest absolute Gasteiger partial charge is 0.335 e. The van der Waals surface area contributed by atoms with Crippen molar-refractivity contribution >= 4 is 100 Å². The molecule has 0 atom stereocenters. The minimum absolute atomic E-state index is 0.0207. The number of aromatic carboxylic acids is 1. The van der Waals surface area contributed by atoms with E-state index in [1.165, 1.54) is 73.7 Å². The highest BCUT2D eigenvalue weighted by molar-refractivity contribution is 7.91. The zero-order valence-corrected chi connectivity index (χ0v) is 37.6. The van der Waals surface area contributed by atoms with Crippen LogP contribution in [-0.4, -0.2) is 139 Å². The topological polar surface area (TPSA) is 388 Å². The number of hydrogen-bond donors (Lipinski definition) is 11. The Hall–Kier alpha value is -7.05. The first-order valence-electron chi connectivity index (χ1n) is 19.4. The Morgan fingerprint density at radius 2 is 1.03 bits per heavy atom. The number of allylic oxidation sites excluding steroid dienone is 2. The number of benzene rings is 4. The maximum atomic E-state index is 13.4. The first-order chi connectivity index (χ1) is 31.9. The Balaban J connectivity index is 0.000000775. The monoisotopic (exact) mass is 999 g/mol. The highest BCUT2D eigenvalue weighted by atomic mass is 32.2. The van der Waals surface area contributed by atoms with Gasteiger partial charge in [0.05, 0.1) is 41.7 Å². The van der Waals surface area contributed by atoms with Gasteiger partial charge in [0.1, 0.15) is 9.81 Å². The SMILES string of the molecule is Cc1cc(S(=O)(=O)O)ccc1NN=C1C(=O)c2ccc(NC(=O)Nc3ccc4c(c3)C=C(S(=O)(=O)O)C(=NNc3ccc(C(=O)O)cc3)C4=O)cc2C=C1S(=O)(=O)O.OCCN(CCO)CCO. The highest BCUT2D eigenvalue weighted by Gasteiger charge is 2.34. The van der Waals surface area contributed by atoms with Crippen LogP contribution in [0.1, 0.15) is 47.8 Å². The molecule has 0 bridgehead atoms. The standard InChI is InChI=1S/C35H26N6O14S3.C6H15NO3/c1-17-12-24(56(47,48)49)8-11-27(17)39-41-31-29(58(53,54)55)16-20-14-23(7-10-26(20)33(31)43)37-35(46)36-22-6-9-25-19(13-22)15-28(57(50,51)52)30(32(25)42)40-38-21-4-2-18(3-5-21)34(44)45;8-4-1-7(2-5-9)3-6-10/h2-16,38-39H,1H3,(H,44,45)(H2,36,37,46)(H,47,48,49)(H,50,51,52)(H,53,54,55);8-10H,1-6H2. The number of carbonyl (C=O) groups is 4. The lowest BCUT2D eigenvalue weighted by Gasteiger charge is -2.18. The van der Waals surface area contributed by atoms with Crippen molar-refractivity contribution in [2.75, 3.05) is 60.9 Å². The van der Waals surface area contributed by atoms with Gasteiger partial charge in [0.15, 0.2) is 11.4 Å². The van der Waals surface area contributed by atoms with E-state index < -0.39 is 80.1 Å². The number of amides is 2. The third-order valence-corrected chi connectivity index (χ3v) is 12.2. The molecule has 0 saturated carbocycles. The molecule has 0 aromatic heterocycles. The molecule has 68 heavy (non-hydrogen) atoms. The number of ketones is 2. The lowest BCUT2D eigenvalue weighted by Crippen LogP contribution is -2.32. The molecule has 4 aromatic rings. The normalized spacial score (nSPS) is 14.8. The molecule has 11 N–H and O–H groups in total. The fourth-order valence-electron chi connectivity index (χ4n) is 6.34. The maximum Gasteiger partial charge on any atom is 0.335 e. The van der Waals surface area contributed by atoms with Crippen molar-refractivity contribution in [2.24, 2.45) is 10.2 Å². The summed E-state index contributed by atoms with van der Waals surface area (Å²) in [5, 5.41) is 47.2. The Kier molecular flexibility index (Phi) is 16.6. The van der Waals surface area contributed by atoms with Crippen LogP contribution in [-0.2, 0) is 30.4 Å². The highest BCUT2D eigenvalue weighted by Crippen LogP contribution is 2.31. The average molecular weight is 1000 g/mol. The van der Waals surface area contributed by atoms with Gasteiger partial charge in [0.25, 0.3) is 30.4 Å². The molecule has 0 aliphatic heterocycles. The van der Waals surface area contributed by atoms with Crippen molar-refractivity contribution < 1.29 is 78.5 Å². The number of Topliss-reactive ketones (excluding diaryl/α,β-unsaturated/α-hetero) is 2. The fourth-order valence-corrected chi connectivity index (χ4v) is 8.22. The number of nitrogens with zero attached hydrogens (tertiary/aromatic N) is 3. The zero-order valence-electron chi connectivity index (χ0n) is 35.2. The summed E-state index contributed by atoms with van der Waals surface area (Å²) in [5.41, 5.74) is 3.95. The second kappa shape index (κ2) is 21.7. The second-order valence-corrected chi connectivity index (χ2v) is 18.5. The summed E-state index contributed by atoms with van der Waals surface area (Å²) in [5.74, 6) is -3.04. The van der Waals surface area contributed by atoms with Gasteiger partial charge in [-0.3, -0.25) is 39.0 Å².